The third kappa shape index (κ3) is 5.85. The van der Waals surface area contributed by atoms with Gasteiger partial charge in [0.15, 0.2) is 0 Å². The molecular weight excluding hydrogens is 356 g/mol. The molecular formula is C15H22BrClN2O2. The lowest BCUT2D eigenvalue weighted by atomic mass is 10.0. The monoisotopic (exact) mass is 376 g/mol. The Morgan fingerprint density at radius 2 is 2.24 bits per heavy atom. The maximum Gasteiger partial charge on any atom is 0.223 e. The van der Waals surface area contributed by atoms with Crippen molar-refractivity contribution >= 4 is 34.2 Å². The van der Waals surface area contributed by atoms with Gasteiger partial charge in [-0.15, -0.1) is 12.4 Å². The Labute approximate surface area is 140 Å². The van der Waals surface area contributed by atoms with Crippen LogP contribution in [0.25, 0.3) is 0 Å². The lowest BCUT2D eigenvalue weighted by Crippen LogP contribution is -2.40. The van der Waals surface area contributed by atoms with E-state index in [0.29, 0.717) is 25.5 Å². The molecule has 3 N–H and O–H groups in total. The maximum atomic E-state index is 11.9. The lowest BCUT2D eigenvalue weighted by molar-refractivity contribution is -0.122. The summed E-state index contributed by atoms with van der Waals surface area (Å²) in [5.74, 6) is 1.25. The fourth-order valence-electron chi connectivity index (χ4n) is 2.61. The predicted molar refractivity (Wildman–Crippen MR) is 89.8 cm³/mol. The van der Waals surface area contributed by atoms with Crippen molar-refractivity contribution in [2.24, 2.45) is 11.7 Å². The zero-order chi connectivity index (χ0) is 14.4. The number of hydrogen-bond acceptors (Lipinski definition) is 3. The van der Waals surface area contributed by atoms with Gasteiger partial charge in [-0.3, -0.25) is 4.79 Å². The van der Waals surface area contributed by atoms with Crippen LogP contribution in [0.5, 0.6) is 5.75 Å². The Morgan fingerprint density at radius 3 is 2.95 bits per heavy atom. The molecule has 21 heavy (non-hydrogen) atoms. The van der Waals surface area contributed by atoms with Gasteiger partial charge in [-0.25, -0.2) is 0 Å². The first-order valence-corrected chi connectivity index (χ1v) is 7.86. The minimum absolute atomic E-state index is 0. The number of halogens is 2. The summed E-state index contributed by atoms with van der Waals surface area (Å²) in [6, 6.07) is 7.86. The van der Waals surface area contributed by atoms with Crippen LogP contribution >= 0.6 is 28.3 Å². The minimum Gasteiger partial charge on any atom is -0.493 e. The van der Waals surface area contributed by atoms with E-state index in [-0.39, 0.29) is 24.4 Å². The fourth-order valence-corrected chi connectivity index (χ4v) is 2.98. The number of nitrogens with one attached hydrogen (secondary N) is 1. The van der Waals surface area contributed by atoms with Crippen LogP contribution in [0.1, 0.15) is 25.7 Å². The van der Waals surface area contributed by atoms with Crippen LogP contribution < -0.4 is 15.8 Å². The first kappa shape index (κ1) is 18.3. The van der Waals surface area contributed by atoms with Gasteiger partial charge in [0.2, 0.25) is 5.91 Å². The molecule has 1 fully saturated rings. The average Bonchev–Trinajstić information content (AvgIpc) is 2.86. The zero-order valence-corrected chi connectivity index (χ0v) is 14.3. The molecule has 2 atom stereocenters. The van der Waals surface area contributed by atoms with E-state index in [1.54, 1.807) is 0 Å². The van der Waals surface area contributed by atoms with Crippen LogP contribution in [0.3, 0.4) is 0 Å². The second-order valence-electron chi connectivity index (χ2n) is 5.16. The highest BCUT2D eigenvalue weighted by Gasteiger charge is 2.26. The number of carbonyl (C=O) groups is 1. The SMILES string of the molecule is Cl.NCC1CCCC1NC(=O)CCOc1cccc(Br)c1. The summed E-state index contributed by atoms with van der Waals surface area (Å²) in [7, 11) is 0. The summed E-state index contributed by atoms with van der Waals surface area (Å²) in [4.78, 5) is 11.9. The highest BCUT2D eigenvalue weighted by Crippen LogP contribution is 2.24. The summed E-state index contributed by atoms with van der Waals surface area (Å²) < 4.78 is 6.53. The van der Waals surface area contributed by atoms with Crippen LogP contribution in [-0.4, -0.2) is 25.1 Å². The molecule has 2 rings (SSSR count). The van der Waals surface area contributed by atoms with E-state index in [1.165, 1.54) is 0 Å². The van der Waals surface area contributed by atoms with Gasteiger partial charge in [0, 0.05) is 10.5 Å². The van der Waals surface area contributed by atoms with Crippen LogP contribution in [0, 0.1) is 5.92 Å². The summed E-state index contributed by atoms with van der Waals surface area (Å²) in [5, 5.41) is 3.07. The normalized spacial score (nSPS) is 20.7. The molecule has 2 unspecified atom stereocenters. The van der Waals surface area contributed by atoms with E-state index in [4.69, 9.17) is 10.5 Å². The highest BCUT2D eigenvalue weighted by atomic mass is 79.9. The molecule has 0 bridgehead atoms. The molecule has 0 aromatic heterocycles. The smallest absolute Gasteiger partial charge is 0.223 e. The van der Waals surface area contributed by atoms with Crippen molar-refractivity contribution < 1.29 is 9.53 Å². The van der Waals surface area contributed by atoms with Gasteiger partial charge in [0.25, 0.3) is 0 Å². The second kappa shape index (κ2) is 9.28. The Balaban J connectivity index is 0.00000220. The number of carbonyl (C=O) groups excluding carboxylic acids is 1. The molecule has 1 aliphatic carbocycles. The molecule has 0 radical (unpaired) electrons. The van der Waals surface area contributed by atoms with Crippen molar-refractivity contribution in [2.75, 3.05) is 13.2 Å². The third-order valence-electron chi connectivity index (χ3n) is 3.70. The van der Waals surface area contributed by atoms with Crippen LogP contribution in [0.4, 0.5) is 0 Å². The number of amides is 1. The van der Waals surface area contributed by atoms with Gasteiger partial charge >= 0.3 is 0 Å². The highest BCUT2D eigenvalue weighted by molar-refractivity contribution is 9.10. The summed E-state index contributed by atoms with van der Waals surface area (Å²) >= 11 is 3.38. The van der Waals surface area contributed by atoms with Crippen molar-refractivity contribution in [1.29, 1.82) is 0 Å². The Bertz CT molecular complexity index is 459. The van der Waals surface area contributed by atoms with Crippen molar-refractivity contribution in [3.05, 3.63) is 28.7 Å². The van der Waals surface area contributed by atoms with Crippen molar-refractivity contribution in [1.82, 2.24) is 5.32 Å². The summed E-state index contributed by atoms with van der Waals surface area (Å²) in [5.41, 5.74) is 5.71. The van der Waals surface area contributed by atoms with E-state index in [0.717, 1.165) is 29.5 Å². The van der Waals surface area contributed by atoms with Gasteiger partial charge in [-0.2, -0.15) is 0 Å². The summed E-state index contributed by atoms with van der Waals surface area (Å²) in [6.07, 6.45) is 3.69. The Morgan fingerprint density at radius 1 is 1.43 bits per heavy atom. The second-order valence-corrected chi connectivity index (χ2v) is 6.07. The molecule has 0 aliphatic heterocycles. The van der Waals surface area contributed by atoms with E-state index >= 15 is 0 Å². The number of ether oxygens (including phenoxy) is 1. The molecule has 6 heteroatoms. The first-order valence-electron chi connectivity index (χ1n) is 7.07. The minimum atomic E-state index is 0. The van der Waals surface area contributed by atoms with E-state index in [9.17, 15) is 4.79 Å². The molecule has 1 saturated carbocycles. The zero-order valence-electron chi connectivity index (χ0n) is 11.9. The average molecular weight is 378 g/mol. The lowest BCUT2D eigenvalue weighted by Gasteiger charge is -2.19. The van der Waals surface area contributed by atoms with Crippen molar-refractivity contribution in [3.63, 3.8) is 0 Å². The first-order chi connectivity index (χ1) is 9.69. The molecule has 118 valence electrons. The number of nitrogens with two attached hydrogens (primary N) is 1. The summed E-state index contributed by atoms with van der Waals surface area (Å²) in [6.45, 7) is 1.04. The molecule has 0 saturated heterocycles. The number of benzene rings is 1. The van der Waals surface area contributed by atoms with Crippen molar-refractivity contribution in [3.8, 4) is 5.75 Å². The van der Waals surface area contributed by atoms with E-state index in [1.807, 2.05) is 24.3 Å². The number of hydrogen-bond donors (Lipinski definition) is 2. The third-order valence-corrected chi connectivity index (χ3v) is 4.20. The maximum absolute atomic E-state index is 11.9. The topological polar surface area (TPSA) is 64.3 Å². The predicted octanol–water partition coefficient (Wildman–Crippen LogP) is 2.88. The van der Waals surface area contributed by atoms with Crippen molar-refractivity contribution in [2.45, 2.75) is 31.7 Å². The molecule has 1 aromatic carbocycles. The van der Waals surface area contributed by atoms with Crippen LogP contribution in [0.2, 0.25) is 0 Å². The fraction of sp³-hybridized carbons (Fsp3) is 0.533. The van der Waals surface area contributed by atoms with Crippen LogP contribution in [0.15, 0.2) is 28.7 Å². The molecule has 0 spiro atoms. The molecule has 1 aliphatic rings. The van der Waals surface area contributed by atoms with Gasteiger partial charge in [0.05, 0.1) is 13.0 Å². The number of rotatable bonds is 6. The standard InChI is InChI=1S/C15H21BrN2O2.ClH/c16-12-4-2-5-13(9-12)20-8-7-15(19)18-14-6-1-3-11(14)10-17;/h2,4-5,9,11,14H,1,3,6-8,10,17H2,(H,18,19);1H. The molecule has 1 amide bonds. The quantitative estimate of drug-likeness (QED) is 0.801. The van der Waals surface area contributed by atoms with Crippen LogP contribution in [-0.2, 0) is 4.79 Å². The Kier molecular flexibility index (Phi) is 8.07. The van der Waals surface area contributed by atoms with E-state index in [2.05, 4.69) is 21.2 Å². The largest absolute Gasteiger partial charge is 0.493 e. The molecule has 1 aromatic rings. The van der Waals surface area contributed by atoms with Gasteiger partial charge < -0.3 is 15.8 Å². The molecule has 0 heterocycles. The van der Waals surface area contributed by atoms with E-state index < -0.39 is 0 Å². The van der Waals surface area contributed by atoms with Gasteiger partial charge in [-0.05, 0) is 43.5 Å². The van der Waals surface area contributed by atoms with Gasteiger partial charge in [-0.1, -0.05) is 28.4 Å². The van der Waals surface area contributed by atoms with Gasteiger partial charge in [0.1, 0.15) is 5.75 Å². The molecule has 4 nitrogen and oxygen atoms in total. The Hall–Kier alpha value is -0.780.